The maximum Gasteiger partial charge on any atom is 1.00 e. The first kappa shape index (κ1) is 29.0. The van der Waals surface area contributed by atoms with Gasteiger partial charge in [-0.05, 0) is 48.8 Å². The van der Waals surface area contributed by atoms with Crippen molar-refractivity contribution in [2.45, 2.75) is 62.5 Å². The zero-order valence-corrected chi connectivity index (χ0v) is 21.8. The molecule has 1 saturated carbocycles. The van der Waals surface area contributed by atoms with Gasteiger partial charge in [0.2, 0.25) is 5.92 Å². The van der Waals surface area contributed by atoms with Crippen LogP contribution in [0.3, 0.4) is 0 Å². The van der Waals surface area contributed by atoms with E-state index in [0.717, 1.165) is 5.56 Å². The third-order valence-corrected chi connectivity index (χ3v) is 7.67. The van der Waals surface area contributed by atoms with Crippen molar-refractivity contribution >= 4 is 17.7 Å². The van der Waals surface area contributed by atoms with Crippen molar-refractivity contribution in [3.8, 4) is 0 Å². The predicted octanol–water partition coefficient (Wildman–Crippen LogP) is 0.324. The second-order valence-corrected chi connectivity index (χ2v) is 10.1. The van der Waals surface area contributed by atoms with Gasteiger partial charge in [0, 0.05) is 31.5 Å². The number of ether oxygens (including phenoxy) is 2. The van der Waals surface area contributed by atoms with E-state index < -0.39 is 29.4 Å². The van der Waals surface area contributed by atoms with Gasteiger partial charge in [0.1, 0.15) is 6.61 Å². The molecule has 1 aromatic carbocycles. The molecule has 1 amide bonds. The van der Waals surface area contributed by atoms with E-state index in [1.807, 2.05) is 30.3 Å². The van der Waals surface area contributed by atoms with E-state index in [-0.39, 0.29) is 69.9 Å². The van der Waals surface area contributed by atoms with Crippen LogP contribution in [-0.2, 0) is 26.3 Å². The van der Waals surface area contributed by atoms with Crippen molar-refractivity contribution in [2.75, 3.05) is 13.2 Å². The van der Waals surface area contributed by atoms with E-state index in [4.69, 9.17) is 9.47 Å². The van der Waals surface area contributed by atoms with E-state index >= 15 is 0 Å². The molecular formula is C27H29F2LiN4O5. The Balaban J connectivity index is 0.00000353. The van der Waals surface area contributed by atoms with Crippen molar-refractivity contribution in [1.82, 2.24) is 19.9 Å². The fraction of sp³-hybridized carbons (Fsp3) is 0.481. The summed E-state index contributed by atoms with van der Waals surface area (Å²) in [4.78, 5) is 29.5. The van der Waals surface area contributed by atoms with E-state index in [9.17, 15) is 23.5 Å². The third kappa shape index (κ3) is 6.43. The Morgan fingerprint density at radius 2 is 1.85 bits per heavy atom. The predicted molar refractivity (Wildman–Crippen MR) is 129 cm³/mol. The van der Waals surface area contributed by atoms with Crippen LogP contribution in [-0.4, -0.2) is 45.8 Å². The molecule has 1 saturated heterocycles. The number of nitrogens with zero attached hydrogens (tertiary/aromatic N) is 3. The molecule has 39 heavy (non-hydrogen) atoms. The van der Waals surface area contributed by atoms with Crippen LogP contribution >= 0.6 is 0 Å². The number of aromatic nitrogens is 3. The quantitative estimate of drug-likeness (QED) is 0.434. The van der Waals surface area contributed by atoms with Gasteiger partial charge >= 0.3 is 25.0 Å². The standard InChI is InChI=1S/C27H30F2N4O5.Li/c28-27(29)8-6-19(7-9-27)23(32-25(36)38-17-18-4-2-1-3-5-18)21-16-33-22(31-21)14-20(15-30-33)26(24(34)35)10-12-37-13-11-26;/h1-5,14-16,19,23H,6-13,17H2,(H,32,36)(H,34,35);/q;+1/p-1/t23-;/m0./s1. The number of amides is 1. The number of alkyl carbamates (subject to hydrolysis) is 1. The number of hydrogen-bond donors (Lipinski definition) is 1. The van der Waals surface area contributed by atoms with Crippen LogP contribution in [0.2, 0.25) is 0 Å². The van der Waals surface area contributed by atoms with Gasteiger partial charge < -0.3 is 24.7 Å². The zero-order chi connectivity index (χ0) is 26.8. The number of carboxylic acid groups (broad SMARTS) is 1. The Labute approximate surface area is 236 Å². The summed E-state index contributed by atoms with van der Waals surface area (Å²) in [7, 11) is 0. The molecule has 1 atom stereocenters. The summed E-state index contributed by atoms with van der Waals surface area (Å²) in [5, 5.41) is 19.3. The summed E-state index contributed by atoms with van der Waals surface area (Å²) >= 11 is 0. The van der Waals surface area contributed by atoms with Crippen molar-refractivity contribution in [3.05, 3.63) is 65.6 Å². The maximum atomic E-state index is 13.9. The van der Waals surface area contributed by atoms with Gasteiger partial charge in [-0.25, -0.2) is 23.1 Å². The number of alkyl halides is 2. The molecule has 2 aliphatic rings. The fourth-order valence-corrected chi connectivity index (χ4v) is 5.36. The number of hydrogen-bond acceptors (Lipinski definition) is 7. The summed E-state index contributed by atoms with van der Waals surface area (Å²) in [6, 6.07) is 10.2. The van der Waals surface area contributed by atoms with Gasteiger partial charge in [0.25, 0.3) is 0 Å². The molecule has 9 nitrogen and oxygen atoms in total. The Morgan fingerprint density at radius 3 is 2.51 bits per heavy atom. The Kier molecular flexibility index (Phi) is 8.94. The monoisotopic (exact) mass is 534 g/mol. The average Bonchev–Trinajstić information content (AvgIpc) is 3.35. The summed E-state index contributed by atoms with van der Waals surface area (Å²) in [6.07, 6.45) is 2.81. The number of imidazole rings is 1. The average molecular weight is 534 g/mol. The van der Waals surface area contributed by atoms with Crippen molar-refractivity contribution < 1.29 is 51.8 Å². The molecular weight excluding hydrogens is 505 g/mol. The van der Waals surface area contributed by atoms with Crippen LogP contribution in [0.1, 0.15) is 61.4 Å². The number of aliphatic carboxylic acids is 1. The molecule has 0 bridgehead atoms. The number of halogens is 2. The van der Waals surface area contributed by atoms with Crippen molar-refractivity contribution in [3.63, 3.8) is 0 Å². The van der Waals surface area contributed by atoms with E-state index in [0.29, 0.717) is 30.1 Å². The molecule has 5 rings (SSSR count). The summed E-state index contributed by atoms with van der Waals surface area (Å²) in [5.74, 6) is -4.21. The first-order valence-corrected chi connectivity index (χ1v) is 12.8. The SMILES string of the molecule is O=C(N[C@H](c1cn2ncc(C3(C(=O)[O-])CCOCC3)cc2n1)C1CCC(F)(F)CC1)OCc1ccccc1.[Li+]. The van der Waals surface area contributed by atoms with Gasteiger partial charge in [0.05, 0.1) is 30.1 Å². The van der Waals surface area contributed by atoms with E-state index in [2.05, 4.69) is 15.4 Å². The molecule has 0 unspecified atom stereocenters. The summed E-state index contributed by atoms with van der Waals surface area (Å²) < 4.78 is 40.0. The number of benzene rings is 1. The number of rotatable bonds is 7. The Morgan fingerprint density at radius 1 is 1.15 bits per heavy atom. The molecule has 0 spiro atoms. The minimum Gasteiger partial charge on any atom is -0.549 e. The van der Waals surface area contributed by atoms with Crippen LogP contribution < -0.4 is 29.3 Å². The minimum atomic E-state index is -2.73. The van der Waals surface area contributed by atoms with Gasteiger partial charge in [-0.15, -0.1) is 0 Å². The minimum absolute atomic E-state index is 0. The number of fused-ring (bicyclic) bond motifs is 1. The number of carboxylic acids is 1. The van der Waals surface area contributed by atoms with Crippen LogP contribution in [0, 0.1) is 5.92 Å². The van der Waals surface area contributed by atoms with Crippen LogP contribution in [0.5, 0.6) is 0 Å². The third-order valence-electron chi connectivity index (χ3n) is 7.67. The number of carbonyl (C=O) groups excluding carboxylic acids is 2. The van der Waals surface area contributed by atoms with E-state index in [1.54, 1.807) is 12.3 Å². The van der Waals surface area contributed by atoms with Gasteiger partial charge in [-0.1, -0.05) is 30.3 Å². The molecule has 0 radical (unpaired) electrons. The normalized spacial score (nSPS) is 19.5. The number of carbonyl (C=O) groups is 2. The number of nitrogens with one attached hydrogen (secondary N) is 1. The molecule has 1 aliphatic heterocycles. The fourth-order valence-electron chi connectivity index (χ4n) is 5.36. The Hall–Kier alpha value is -3.00. The molecule has 3 aromatic rings. The zero-order valence-electron chi connectivity index (χ0n) is 21.8. The second kappa shape index (κ2) is 12.0. The van der Waals surface area contributed by atoms with Gasteiger partial charge in [-0.3, -0.25) is 0 Å². The topological polar surface area (TPSA) is 118 Å². The van der Waals surface area contributed by atoms with Crippen molar-refractivity contribution in [2.24, 2.45) is 5.92 Å². The molecule has 1 aliphatic carbocycles. The summed E-state index contributed by atoms with van der Waals surface area (Å²) in [5.41, 5.74) is 0.879. The van der Waals surface area contributed by atoms with Gasteiger partial charge in [-0.2, -0.15) is 5.10 Å². The molecule has 202 valence electrons. The Bertz CT molecular complexity index is 1290. The second-order valence-electron chi connectivity index (χ2n) is 10.1. The first-order valence-electron chi connectivity index (χ1n) is 12.8. The van der Waals surface area contributed by atoms with Crippen LogP contribution in [0.4, 0.5) is 13.6 Å². The first-order chi connectivity index (χ1) is 18.3. The van der Waals surface area contributed by atoms with Gasteiger partial charge in [0.15, 0.2) is 5.65 Å². The van der Waals surface area contributed by atoms with Crippen LogP contribution in [0.15, 0.2) is 48.8 Å². The molecule has 2 fully saturated rings. The van der Waals surface area contributed by atoms with Crippen LogP contribution in [0.25, 0.3) is 5.65 Å². The molecule has 12 heteroatoms. The maximum absolute atomic E-state index is 13.9. The molecule has 2 aromatic heterocycles. The smallest absolute Gasteiger partial charge is 0.549 e. The molecule has 1 N–H and O–H groups in total. The largest absolute Gasteiger partial charge is 1.00 e. The van der Waals surface area contributed by atoms with Crippen molar-refractivity contribution in [1.29, 1.82) is 0 Å². The summed E-state index contributed by atoms with van der Waals surface area (Å²) in [6.45, 7) is 0.651. The molecule has 3 heterocycles. The van der Waals surface area contributed by atoms with E-state index in [1.165, 1.54) is 10.7 Å².